The van der Waals surface area contributed by atoms with Crippen molar-refractivity contribution < 1.29 is 18.1 Å². The average Bonchev–Trinajstić information content (AvgIpc) is 2.37. The fourth-order valence-electron chi connectivity index (χ4n) is 1.56. The number of sulfone groups is 1. The maximum Gasteiger partial charge on any atom is 0.278 e. The van der Waals surface area contributed by atoms with Crippen LogP contribution >= 0.6 is 0 Å². The van der Waals surface area contributed by atoms with E-state index in [1.54, 1.807) is 0 Å². The highest BCUT2D eigenvalue weighted by atomic mass is 32.2. The fourth-order valence-corrected chi connectivity index (χ4v) is 2.21. The van der Waals surface area contributed by atoms with Gasteiger partial charge < -0.3 is 10.5 Å². The first kappa shape index (κ1) is 14.7. The highest BCUT2D eigenvalue weighted by Gasteiger charge is 2.13. The predicted octanol–water partition coefficient (Wildman–Crippen LogP) is 1.77. The molecule has 0 aliphatic carbocycles. The first-order chi connectivity index (χ1) is 9.75. The van der Waals surface area contributed by atoms with Gasteiger partial charge in [0, 0.05) is 6.26 Å². The summed E-state index contributed by atoms with van der Waals surface area (Å²) in [6.45, 7) is 0. The van der Waals surface area contributed by atoms with Gasteiger partial charge in [0.15, 0.2) is 9.84 Å². The molecule has 0 aliphatic rings. The first-order valence-electron chi connectivity index (χ1n) is 5.65. The fraction of sp³-hybridized carbons (Fsp3) is 0.0833. The molecule has 21 heavy (non-hydrogen) atoms. The lowest BCUT2D eigenvalue weighted by molar-refractivity contribution is -0.384. The topological polar surface area (TPSA) is 125 Å². The molecule has 0 atom stereocenters. The summed E-state index contributed by atoms with van der Waals surface area (Å²) < 4.78 is 28.2. The van der Waals surface area contributed by atoms with Crippen molar-refractivity contribution in [2.45, 2.75) is 4.90 Å². The molecule has 2 rings (SSSR count). The van der Waals surface area contributed by atoms with Gasteiger partial charge in [-0.05, 0) is 18.2 Å². The van der Waals surface area contributed by atoms with Crippen molar-refractivity contribution in [1.82, 2.24) is 4.98 Å². The van der Waals surface area contributed by atoms with Gasteiger partial charge in [0.25, 0.3) is 5.69 Å². The summed E-state index contributed by atoms with van der Waals surface area (Å²) >= 11 is 0. The molecule has 0 unspecified atom stereocenters. The molecule has 0 amide bonds. The quantitative estimate of drug-likeness (QED) is 0.673. The average molecular weight is 309 g/mol. The number of ether oxygens (including phenoxy) is 1. The Morgan fingerprint density at radius 1 is 1.29 bits per heavy atom. The molecule has 0 aliphatic heterocycles. The van der Waals surface area contributed by atoms with E-state index in [1.165, 1.54) is 24.3 Å². The van der Waals surface area contributed by atoms with Gasteiger partial charge in [-0.1, -0.05) is 6.07 Å². The van der Waals surface area contributed by atoms with Crippen LogP contribution in [-0.4, -0.2) is 24.6 Å². The van der Waals surface area contributed by atoms with Gasteiger partial charge in [0.05, 0.1) is 22.0 Å². The van der Waals surface area contributed by atoms with E-state index < -0.39 is 14.8 Å². The van der Waals surface area contributed by atoms with E-state index in [-0.39, 0.29) is 28.0 Å². The molecule has 0 radical (unpaired) electrons. The molecule has 0 spiro atoms. The van der Waals surface area contributed by atoms with Gasteiger partial charge in [-0.3, -0.25) is 10.1 Å². The zero-order valence-corrected chi connectivity index (χ0v) is 11.7. The summed E-state index contributed by atoms with van der Waals surface area (Å²) in [4.78, 5) is 14.0. The van der Waals surface area contributed by atoms with Crippen LogP contribution in [0.3, 0.4) is 0 Å². The Morgan fingerprint density at radius 2 is 2.00 bits per heavy atom. The van der Waals surface area contributed by atoms with Crippen LogP contribution in [0.15, 0.2) is 41.3 Å². The van der Waals surface area contributed by atoms with Gasteiger partial charge >= 0.3 is 0 Å². The minimum Gasteiger partial charge on any atom is -0.439 e. The largest absolute Gasteiger partial charge is 0.439 e. The predicted molar refractivity (Wildman–Crippen MR) is 74.9 cm³/mol. The molecular weight excluding hydrogens is 298 g/mol. The van der Waals surface area contributed by atoms with Gasteiger partial charge in [-0.15, -0.1) is 0 Å². The SMILES string of the molecule is CS(=O)(=O)c1cccc(Oc2cc([N+](=O)[O-])cc(N)n2)c1. The van der Waals surface area contributed by atoms with E-state index in [0.717, 1.165) is 18.4 Å². The Bertz CT molecular complexity index is 804. The van der Waals surface area contributed by atoms with Gasteiger partial charge in [0.2, 0.25) is 5.88 Å². The van der Waals surface area contributed by atoms with Crippen molar-refractivity contribution in [1.29, 1.82) is 0 Å². The lowest BCUT2D eigenvalue weighted by Gasteiger charge is -2.06. The first-order valence-corrected chi connectivity index (χ1v) is 7.55. The number of aromatic nitrogens is 1. The van der Waals surface area contributed by atoms with E-state index in [0.29, 0.717) is 0 Å². The van der Waals surface area contributed by atoms with Crippen LogP contribution in [0.5, 0.6) is 11.6 Å². The van der Waals surface area contributed by atoms with Crippen molar-refractivity contribution in [2.24, 2.45) is 0 Å². The Labute approximate surface area is 120 Å². The van der Waals surface area contributed by atoms with E-state index in [4.69, 9.17) is 10.5 Å². The normalized spacial score (nSPS) is 11.1. The standard InChI is InChI=1S/C12H11N3O5S/c1-21(18,19)10-4-2-3-9(7-10)20-12-6-8(15(16)17)5-11(13)14-12/h2-7H,1H3,(H2,13,14). The highest BCUT2D eigenvalue weighted by Crippen LogP contribution is 2.26. The number of rotatable bonds is 4. The number of nitrogens with zero attached hydrogens (tertiary/aromatic N) is 2. The molecule has 0 saturated carbocycles. The molecule has 0 fully saturated rings. The third-order valence-corrected chi connectivity index (χ3v) is 3.58. The third-order valence-electron chi connectivity index (χ3n) is 2.47. The number of nitro groups is 1. The number of hydrogen-bond donors (Lipinski definition) is 1. The van der Waals surface area contributed by atoms with Crippen molar-refractivity contribution >= 4 is 21.3 Å². The van der Waals surface area contributed by atoms with Crippen LogP contribution in [0.1, 0.15) is 0 Å². The van der Waals surface area contributed by atoms with E-state index in [1.807, 2.05) is 0 Å². The maximum atomic E-state index is 11.5. The van der Waals surface area contributed by atoms with Crippen molar-refractivity contribution in [2.75, 3.05) is 12.0 Å². The number of pyridine rings is 1. The Morgan fingerprint density at radius 3 is 2.62 bits per heavy atom. The van der Waals surface area contributed by atoms with Gasteiger partial charge in [-0.2, -0.15) is 4.98 Å². The summed E-state index contributed by atoms with van der Waals surface area (Å²) in [5.41, 5.74) is 5.19. The third kappa shape index (κ3) is 3.66. The summed E-state index contributed by atoms with van der Waals surface area (Å²) in [6, 6.07) is 7.91. The molecule has 0 saturated heterocycles. The number of nitrogen functional groups attached to an aromatic ring is 1. The molecule has 8 nitrogen and oxygen atoms in total. The van der Waals surface area contributed by atoms with E-state index in [9.17, 15) is 18.5 Å². The van der Waals surface area contributed by atoms with Gasteiger partial charge in [0.1, 0.15) is 11.6 Å². The molecule has 1 heterocycles. The number of benzene rings is 1. The second kappa shape index (κ2) is 5.37. The molecule has 0 bridgehead atoms. The molecule has 2 N–H and O–H groups in total. The maximum absolute atomic E-state index is 11.5. The molecule has 110 valence electrons. The van der Waals surface area contributed by atoms with Crippen molar-refractivity contribution in [3.8, 4) is 11.6 Å². The second-order valence-corrected chi connectivity index (χ2v) is 6.21. The molecule has 1 aromatic heterocycles. The summed E-state index contributed by atoms with van der Waals surface area (Å²) in [5, 5.41) is 10.7. The highest BCUT2D eigenvalue weighted by molar-refractivity contribution is 7.90. The molecule has 1 aromatic carbocycles. The zero-order chi connectivity index (χ0) is 15.6. The van der Waals surface area contributed by atoms with E-state index in [2.05, 4.69) is 4.98 Å². The van der Waals surface area contributed by atoms with Crippen LogP contribution in [0.2, 0.25) is 0 Å². The minimum absolute atomic E-state index is 0.0680. The zero-order valence-electron chi connectivity index (χ0n) is 10.9. The Kier molecular flexibility index (Phi) is 3.76. The molecular formula is C12H11N3O5S. The molecule has 2 aromatic rings. The Hall–Kier alpha value is -2.68. The molecule has 9 heteroatoms. The van der Waals surface area contributed by atoms with Crippen LogP contribution < -0.4 is 10.5 Å². The number of nitrogens with two attached hydrogens (primary N) is 1. The van der Waals surface area contributed by atoms with Crippen molar-refractivity contribution in [3.05, 3.63) is 46.5 Å². The Balaban J connectivity index is 2.37. The van der Waals surface area contributed by atoms with Crippen molar-refractivity contribution in [3.63, 3.8) is 0 Å². The van der Waals surface area contributed by atoms with Crippen LogP contribution in [0.4, 0.5) is 11.5 Å². The van der Waals surface area contributed by atoms with E-state index >= 15 is 0 Å². The number of hydrogen-bond acceptors (Lipinski definition) is 7. The second-order valence-electron chi connectivity index (χ2n) is 4.19. The number of anilines is 1. The lowest BCUT2D eigenvalue weighted by Crippen LogP contribution is -1.99. The smallest absolute Gasteiger partial charge is 0.278 e. The summed E-state index contributed by atoms with van der Waals surface area (Å²) in [6.07, 6.45) is 1.07. The monoisotopic (exact) mass is 309 g/mol. The minimum atomic E-state index is -3.38. The lowest BCUT2D eigenvalue weighted by atomic mass is 10.3. The van der Waals surface area contributed by atoms with Crippen LogP contribution in [0, 0.1) is 10.1 Å². The van der Waals surface area contributed by atoms with Crippen LogP contribution in [-0.2, 0) is 9.84 Å². The summed E-state index contributed by atoms with van der Waals surface area (Å²) in [5.74, 6) is 0.0242. The summed E-state index contributed by atoms with van der Waals surface area (Å²) in [7, 11) is -3.38. The van der Waals surface area contributed by atoms with Gasteiger partial charge in [-0.25, -0.2) is 8.42 Å². The van der Waals surface area contributed by atoms with Crippen LogP contribution in [0.25, 0.3) is 0 Å².